The van der Waals surface area contributed by atoms with Crippen LogP contribution < -0.4 is 11.1 Å². The van der Waals surface area contributed by atoms with Gasteiger partial charge in [0.05, 0.1) is 18.1 Å². The van der Waals surface area contributed by atoms with Crippen molar-refractivity contribution < 1.29 is 4.79 Å². The Hall–Kier alpha value is -2.21. The number of nitrogens with one attached hydrogen (secondary N) is 1. The lowest BCUT2D eigenvalue weighted by Gasteiger charge is -2.43. The molecule has 126 valence electrons. The first kappa shape index (κ1) is 15.3. The van der Waals surface area contributed by atoms with E-state index in [9.17, 15) is 4.79 Å². The topological polar surface area (TPSA) is 85.8 Å². The number of aromatic nitrogens is 3. The van der Waals surface area contributed by atoms with Gasteiger partial charge in [-0.3, -0.25) is 4.79 Å². The normalized spacial score (nSPS) is 29.2. The molecule has 2 aliphatic carbocycles. The first-order valence-corrected chi connectivity index (χ1v) is 8.74. The number of carbonyl (C=O) groups excluding carboxylic acids is 1. The highest BCUT2D eigenvalue weighted by Crippen LogP contribution is 2.42. The van der Waals surface area contributed by atoms with Crippen molar-refractivity contribution in [2.45, 2.75) is 38.1 Å². The second kappa shape index (κ2) is 6.36. The average molecular weight is 325 g/mol. The molecule has 2 aliphatic rings. The van der Waals surface area contributed by atoms with Crippen molar-refractivity contribution in [2.24, 2.45) is 23.5 Å². The minimum absolute atomic E-state index is 0.0927. The number of carbonyl (C=O) groups is 1. The Balaban J connectivity index is 1.41. The average Bonchev–Trinajstić information content (AvgIpc) is 3.09. The van der Waals surface area contributed by atoms with Crippen LogP contribution in [0.15, 0.2) is 36.7 Å². The molecule has 1 heterocycles. The molecule has 1 aromatic heterocycles. The van der Waals surface area contributed by atoms with Crippen LogP contribution in [0.4, 0.5) is 5.69 Å². The van der Waals surface area contributed by atoms with Crippen molar-refractivity contribution in [3.05, 3.63) is 36.7 Å². The van der Waals surface area contributed by atoms with E-state index < -0.39 is 0 Å². The highest BCUT2D eigenvalue weighted by atomic mass is 16.1. The first-order chi connectivity index (χ1) is 11.7. The van der Waals surface area contributed by atoms with Gasteiger partial charge >= 0.3 is 0 Å². The van der Waals surface area contributed by atoms with Crippen molar-refractivity contribution in [3.63, 3.8) is 0 Å². The lowest BCUT2D eigenvalue weighted by Crippen LogP contribution is -2.48. The van der Waals surface area contributed by atoms with Crippen LogP contribution in [0.3, 0.4) is 0 Å². The largest absolute Gasteiger partial charge is 0.327 e. The lowest BCUT2D eigenvalue weighted by atomic mass is 9.65. The molecule has 1 aromatic carbocycles. The van der Waals surface area contributed by atoms with Crippen LogP contribution in [-0.4, -0.2) is 26.9 Å². The Morgan fingerprint density at radius 3 is 2.50 bits per heavy atom. The quantitative estimate of drug-likeness (QED) is 0.907. The van der Waals surface area contributed by atoms with Crippen molar-refractivity contribution >= 4 is 11.6 Å². The van der Waals surface area contributed by atoms with Gasteiger partial charge in [0.2, 0.25) is 5.91 Å². The van der Waals surface area contributed by atoms with Gasteiger partial charge in [0.1, 0.15) is 0 Å². The van der Waals surface area contributed by atoms with Crippen LogP contribution in [-0.2, 0) is 4.79 Å². The summed E-state index contributed by atoms with van der Waals surface area (Å²) in [4.78, 5) is 12.6. The second-order valence-corrected chi connectivity index (χ2v) is 7.08. The molecule has 24 heavy (non-hydrogen) atoms. The number of hydrogen-bond acceptors (Lipinski definition) is 4. The lowest BCUT2D eigenvalue weighted by molar-refractivity contribution is -0.122. The van der Waals surface area contributed by atoms with E-state index in [1.165, 1.54) is 19.3 Å². The number of anilines is 1. The smallest absolute Gasteiger partial charge is 0.227 e. The third kappa shape index (κ3) is 2.94. The SMILES string of the molecule is NC1C2CCCC1CC(C(=O)Nc1ccc(-n3ccnn3)cc1)C2. The molecule has 0 radical (unpaired) electrons. The number of hydrogen-bond donors (Lipinski definition) is 2. The molecule has 2 saturated carbocycles. The molecule has 2 fully saturated rings. The van der Waals surface area contributed by atoms with Gasteiger partial charge in [-0.2, -0.15) is 0 Å². The van der Waals surface area contributed by atoms with E-state index in [-0.39, 0.29) is 11.8 Å². The fraction of sp³-hybridized carbons (Fsp3) is 0.500. The molecule has 4 rings (SSSR count). The van der Waals surface area contributed by atoms with Crippen LogP contribution in [0.2, 0.25) is 0 Å². The Morgan fingerprint density at radius 2 is 1.88 bits per heavy atom. The third-order valence-electron chi connectivity index (χ3n) is 5.61. The molecule has 2 aromatic rings. The zero-order chi connectivity index (χ0) is 16.5. The molecular formula is C18H23N5O. The van der Waals surface area contributed by atoms with E-state index in [1.54, 1.807) is 17.1 Å². The van der Waals surface area contributed by atoms with E-state index in [0.717, 1.165) is 24.2 Å². The summed E-state index contributed by atoms with van der Waals surface area (Å²) in [6, 6.07) is 7.96. The Labute approximate surface area is 141 Å². The van der Waals surface area contributed by atoms with E-state index in [4.69, 9.17) is 5.73 Å². The van der Waals surface area contributed by atoms with Gasteiger partial charge in [-0.1, -0.05) is 11.6 Å². The molecule has 3 N–H and O–H groups in total. The fourth-order valence-corrected chi connectivity index (χ4v) is 4.29. The minimum Gasteiger partial charge on any atom is -0.327 e. The number of rotatable bonds is 3. The van der Waals surface area contributed by atoms with Gasteiger partial charge in [-0.15, -0.1) is 5.10 Å². The molecule has 6 nitrogen and oxygen atoms in total. The molecule has 0 spiro atoms. The van der Waals surface area contributed by atoms with Gasteiger partial charge < -0.3 is 11.1 Å². The number of benzene rings is 1. The predicted molar refractivity (Wildman–Crippen MR) is 91.5 cm³/mol. The molecule has 0 aliphatic heterocycles. The molecular weight excluding hydrogens is 302 g/mol. The zero-order valence-corrected chi connectivity index (χ0v) is 13.6. The summed E-state index contributed by atoms with van der Waals surface area (Å²) in [6.07, 6.45) is 8.91. The van der Waals surface area contributed by atoms with Crippen LogP contribution in [0, 0.1) is 17.8 Å². The maximum atomic E-state index is 12.6. The van der Waals surface area contributed by atoms with Gasteiger partial charge in [0, 0.05) is 17.6 Å². The van der Waals surface area contributed by atoms with Gasteiger partial charge in [-0.25, -0.2) is 4.68 Å². The highest BCUT2D eigenvalue weighted by molar-refractivity contribution is 5.92. The molecule has 2 bridgehead atoms. The summed E-state index contributed by atoms with van der Waals surface area (Å²) in [7, 11) is 0. The maximum absolute atomic E-state index is 12.6. The van der Waals surface area contributed by atoms with Crippen LogP contribution in [0.5, 0.6) is 0 Å². The van der Waals surface area contributed by atoms with E-state index in [2.05, 4.69) is 15.6 Å². The number of amides is 1. The van der Waals surface area contributed by atoms with Crippen molar-refractivity contribution in [1.29, 1.82) is 0 Å². The van der Waals surface area contributed by atoms with E-state index in [1.807, 2.05) is 24.3 Å². The van der Waals surface area contributed by atoms with Crippen molar-refractivity contribution in [2.75, 3.05) is 5.32 Å². The summed E-state index contributed by atoms with van der Waals surface area (Å²) in [5.41, 5.74) is 8.06. The first-order valence-electron chi connectivity index (χ1n) is 8.74. The predicted octanol–water partition coefficient (Wildman–Crippen LogP) is 2.36. The second-order valence-electron chi connectivity index (χ2n) is 7.08. The summed E-state index contributed by atoms with van der Waals surface area (Å²) >= 11 is 0. The monoisotopic (exact) mass is 325 g/mol. The molecule has 2 unspecified atom stereocenters. The summed E-state index contributed by atoms with van der Waals surface area (Å²) in [6.45, 7) is 0. The number of fused-ring (bicyclic) bond motifs is 2. The highest BCUT2D eigenvalue weighted by Gasteiger charge is 2.40. The Kier molecular flexibility index (Phi) is 4.06. The van der Waals surface area contributed by atoms with Crippen LogP contribution in [0.25, 0.3) is 5.69 Å². The standard InChI is InChI=1S/C18H23N5O/c19-17-12-2-1-3-13(17)11-14(10-12)18(24)21-15-4-6-16(7-5-15)23-9-8-20-22-23/h4-9,12-14,17H,1-3,10-11,19H2,(H,21,24). The van der Waals surface area contributed by atoms with Crippen molar-refractivity contribution in [1.82, 2.24) is 15.0 Å². The van der Waals surface area contributed by atoms with Crippen LogP contribution in [0.1, 0.15) is 32.1 Å². The molecule has 6 heteroatoms. The Bertz CT molecular complexity index is 683. The molecule has 0 saturated heterocycles. The van der Waals surface area contributed by atoms with E-state index in [0.29, 0.717) is 17.9 Å². The van der Waals surface area contributed by atoms with Gasteiger partial charge in [0.25, 0.3) is 0 Å². The van der Waals surface area contributed by atoms with E-state index >= 15 is 0 Å². The van der Waals surface area contributed by atoms with Crippen LogP contribution >= 0.6 is 0 Å². The minimum atomic E-state index is 0.0927. The fourth-order valence-electron chi connectivity index (χ4n) is 4.29. The Morgan fingerprint density at radius 1 is 1.17 bits per heavy atom. The molecule has 2 atom stereocenters. The van der Waals surface area contributed by atoms with Gasteiger partial charge in [-0.05, 0) is 61.8 Å². The zero-order valence-electron chi connectivity index (χ0n) is 13.6. The van der Waals surface area contributed by atoms with Crippen molar-refractivity contribution in [3.8, 4) is 5.69 Å². The summed E-state index contributed by atoms with van der Waals surface area (Å²) in [5, 5.41) is 10.8. The summed E-state index contributed by atoms with van der Waals surface area (Å²) < 4.78 is 1.69. The summed E-state index contributed by atoms with van der Waals surface area (Å²) in [5.74, 6) is 1.26. The third-order valence-corrected chi connectivity index (χ3v) is 5.61. The van der Waals surface area contributed by atoms with Gasteiger partial charge in [0.15, 0.2) is 0 Å². The number of nitrogens with two attached hydrogens (primary N) is 1. The maximum Gasteiger partial charge on any atom is 0.227 e. The number of nitrogens with zero attached hydrogens (tertiary/aromatic N) is 3. The molecule has 1 amide bonds.